The number of anilines is 1. The van der Waals surface area contributed by atoms with E-state index in [0.29, 0.717) is 0 Å². The number of hydrogen-bond acceptors (Lipinski definition) is 3. The van der Waals surface area contributed by atoms with Gasteiger partial charge in [-0.25, -0.2) is 4.68 Å². The molecule has 3 nitrogen and oxygen atoms in total. The van der Waals surface area contributed by atoms with Crippen molar-refractivity contribution in [1.82, 2.24) is 9.78 Å². The molecule has 0 radical (unpaired) electrons. The first-order valence-electron chi connectivity index (χ1n) is 6.50. The summed E-state index contributed by atoms with van der Waals surface area (Å²) in [7, 11) is 0. The predicted molar refractivity (Wildman–Crippen MR) is 89.0 cm³/mol. The molecule has 1 aromatic heterocycles. The van der Waals surface area contributed by atoms with Gasteiger partial charge in [0.25, 0.3) is 0 Å². The Bertz CT molecular complexity index is 740. The van der Waals surface area contributed by atoms with Crippen LogP contribution in [0, 0.1) is 0 Å². The number of halogens is 1. The Kier molecular flexibility index (Phi) is 4.18. The third-order valence-corrected chi connectivity index (χ3v) is 4.53. The molecule has 0 aliphatic rings. The van der Waals surface area contributed by atoms with Crippen LogP contribution in [0.25, 0.3) is 5.69 Å². The lowest BCUT2D eigenvalue weighted by atomic mass is 10.3. The fourth-order valence-electron chi connectivity index (χ4n) is 1.95. The van der Waals surface area contributed by atoms with E-state index in [9.17, 15) is 0 Å². The van der Waals surface area contributed by atoms with Gasteiger partial charge in [-0.15, -0.1) is 11.8 Å². The molecule has 0 unspecified atom stereocenters. The average molecular weight is 316 g/mol. The van der Waals surface area contributed by atoms with Gasteiger partial charge in [0.15, 0.2) is 0 Å². The molecular weight excluding hydrogens is 302 g/mol. The summed E-state index contributed by atoms with van der Waals surface area (Å²) in [4.78, 5) is 0.978. The Morgan fingerprint density at radius 2 is 1.90 bits per heavy atom. The second-order valence-electron chi connectivity index (χ2n) is 4.57. The summed E-state index contributed by atoms with van der Waals surface area (Å²) in [5, 5.41) is 5.29. The lowest BCUT2D eigenvalue weighted by Crippen LogP contribution is -1.95. The lowest BCUT2D eigenvalue weighted by Gasteiger charge is -2.04. The Morgan fingerprint density at radius 3 is 2.71 bits per heavy atom. The fourth-order valence-corrected chi connectivity index (χ4v) is 3.11. The number of nitrogens with zero attached hydrogens (tertiary/aromatic N) is 2. The Balaban J connectivity index is 1.72. The molecule has 3 rings (SSSR count). The van der Waals surface area contributed by atoms with Gasteiger partial charge in [0, 0.05) is 22.5 Å². The van der Waals surface area contributed by atoms with E-state index in [1.807, 2.05) is 59.4 Å². The van der Waals surface area contributed by atoms with Crippen molar-refractivity contribution >= 4 is 29.1 Å². The molecule has 2 N–H and O–H groups in total. The monoisotopic (exact) mass is 315 g/mol. The van der Waals surface area contributed by atoms with Gasteiger partial charge in [-0.1, -0.05) is 29.8 Å². The highest BCUT2D eigenvalue weighted by Crippen LogP contribution is 2.31. The number of rotatable bonds is 4. The molecule has 21 heavy (non-hydrogen) atoms. The zero-order valence-electron chi connectivity index (χ0n) is 11.2. The molecule has 0 aliphatic heterocycles. The van der Waals surface area contributed by atoms with Crippen molar-refractivity contribution in [2.75, 3.05) is 5.73 Å². The summed E-state index contributed by atoms with van der Waals surface area (Å²) < 4.78 is 1.87. The second kappa shape index (κ2) is 6.24. The maximum Gasteiger partial charge on any atom is 0.0731 e. The summed E-state index contributed by atoms with van der Waals surface area (Å²) in [5.41, 5.74) is 8.56. The number of thioether (sulfide) groups is 1. The van der Waals surface area contributed by atoms with Crippen LogP contribution in [0.5, 0.6) is 0 Å². The molecule has 1 heterocycles. The van der Waals surface area contributed by atoms with Gasteiger partial charge in [0.1, 0.15) is 0 Å². The highest BCUT2D eigenvalue weighted by atomic mass is 35.5. The topological polar surface area (TPSA) is 43.8 Å². The molecule has 0 amide bonds. The van der Waals surface area contributed by atoms with Gasteiger partial charge in [0.2, 0.25) is 0 Å². The minimum atomic E-state index is 0.719. The van der Waals surface area contributed by atoms with Crippen LogP contribution in [0.1, 0.15) is 5.69 Å². The zero-order chi connectivity index (χ0) is 14.7. The molecule has 0 atom stereocenters. The van der Waals surface area contributed by atoms with Crippen LogP contribution in [-0.2, 0) is 5.75 Å². The smallest absolute Gasteiger partial charge is 0.0731 e. The van der Waals surface area contributed by atoms with Crippen molar-refractivity contribution in [3.8, 4) is 5.69 Å². The van der Waals surface area contributed by atoms with Gasteiger partial charge >= 0.3 is 0 Å². The quantitative estimate of drug-likeness (QED) is 0.573. The van der Waals surface area contributed by atoms with Crippen LogP contribution in [0.15, 0.2) is 65.7 Å². The maximum absolute atomic E-state index is 6.16. The van der Waals surface area contributed by atoms with Crippen LogP contribution in [0.3, 0.4) is 0 Å². The minimum Gasteiger partial charge on any atom is -0.399 e. The van der Waals surface area contributed by atoms with Gasteiger partial charge < -0.3 is 5.73 Å². The Hall–Kier alpha value is -1.91. The molecule has 0 saturated heterocycles. The van der Waals surface area contributed by atoms with Crippen molar-refractivity contribution in [2.24, 2.45) is 0 Å². The number of nitrogen functional groups attached to an aromatic ring is 1. The van der Waals surface area contributed by atoms with E-state index in [4.69, 9.17) is 17.3 Å². The van der Waals surface area contributed by atoms with E-state index >= 15 is 0 Å². The third-order valence-electron chi connectivity index (χ3n) is 3.00. The Labute approximate surface area is 132 Å². The van der Waals surface area contributed by atoms with Crippen LogP contribution in [0.4, 0.5) is 5.69 Å². The number of benzene rings is 2. The molecule has 0 aliphatic carbocycles. The maximum atomic E-state index is 6.16. The molecule has 0 saturated carbocycles. The number of hydrogen-bond donors (Lipinski definition) is 1. The van der Waals surface area contributed by atoms with Crippen molar-refractivity contribution in [2.45, 2.75) is 10.6 Å². The summed E-state index contributed by atoms with van der Waals surface area (Å²) >= 11 is 7.80. The van der Waals surface area contributed by atoms with Crippen molar-refractivity contribution < 1.29 is 0 Å². The predicted octanol–water partition coefficient (Wildman–Crippen LogP) is 4.40. The van der Waals surface area contributed by atoms with Crippen molar-refractivity contribution in [3.63, 3.8) is 0 Å². The summed E-state index contributed by atoms with van der Waals surface area (Å²) in [5.74, 6) is 0.753. The fraction of sp³-hybridized carbons (Fsp3) is 0.0625. The van der Waals surface area contributed by atoms with E-state index < -0.39 is 0 Å². The van der Waals surface area contributed by atoms with E-state index in [0.717, 1.165) is 32.7 Å². The largest absolute Gasteiger partial charge is 0.399 e. The lowest BCUT2D eigenvalue weighted by molar-refractivity contribution is 0.859. The van der Waals surface area contributed by atoms with Crippen molar-refractivity contribution in [3.05, 3.63) is 71.5 Å². The Morgan fingerprint density at radius 1 is 1.10 bits per heavy atom. The van der Waals surface area contributed by atoms with Gasteiger partial charge in [-0.2, -0.15) is 5.10 Å². The van der Waals surface area contributed by atoms with Crippen molar-refractivity contribution in [1.29, 1.82) is 0 Å². The standard InChI is InChI=1S/C16H14ClN3S/c17-15-7-6-12(18)10-16(15)21-11-13-8-9-20(19-13)14-4-2-1-3-5-14/h1-10H,11,18H2. The van der Waals surface area contributed by atoms with E-state index in [1.165, 1.54) is 0 Å². The summed E-state index contributed by atoms with van der Waals surface area (Å²) in [6, 6.07) is 17.6. The molecule has 2 aromatic carbocycles. The molecule has 3 aromatic rings. The molecule has 0 bridgehead atoms. The SMILES string of the molecule is Nc1ccc(Cl)c(SCc2ccn(-c3ccccc3)n2)c1. The highest BCUT2D eigenvalue weighted by molar-refractivity contribution is 7.98. The number of nitrogens with two attached hydrogens (primary N) is 1. The second-order valence-corrected chi connectivity index (χ2v) is 5.99. The normalized spacial score (nSPS) is 10.7. The van der Waals surface area contributed by atoms with E-state index in [2.05, 4.69) is 5.10 Å². The first-order chi connectivity index (χ1) is 10.2. The van der Waals surface area contributed by atoms with Crippen LogP contribution >= 0.6 is 23.4 Å². The highest BCUT2D eigenvalue weighted by Gasteiger charge is 2.05. The van der Waals surface area contributed by atoms with Crippen LogP contribution in [-0.4, -0.2) is 9.78 Å². The molecular formula is C16H14ClN3S. The van der Waals surface area contributed by atoms with E-state index in [1.54, 1.807) is 17.8 Å². The first-order valence-corrected chi connectivity index (χ1v) is 7.86. The molecule has 0 spiro atoms. The first kappa shape index (κ1) is 14.0. The molecule has 0 fully saturated rings. The van der Waals surface area contributed by atoms with Gasteiger partial charge in [-0.05, 0) is 36.4 Å². The van der Waals surface area contributed by atoms with Crippen LogP contribution < -0.4 is 5.73 Å². The zero-order valence-corrected chi connectivity index (χ0v) is 12.8. The summed E-state index contributed by atoms with van der Waals surface area (Å²) in [6.45, 7) is 0. The third kappa shape index (κ3) is 3.40. The van der Waals surface area contributed by atoms with Gasteiger partial charge in [0.05, 0.1) is 16.4 Å². The minimum absolute atomic E-state index is 0.719. The number of aromatic nitrogens is 2. The number of para-hydroxylation sites is 1. The van der Waals surface area contributed by atoms with Crippen LogP contribution in [0.2, 0.25) is 5.02 Å². The van der Waals surface area contributed by atoms with E-state index in [-0.39, 0.29) is 0 Å². The molecule has 106 valence electrons. The van der Waals surface area contributed by atoms with Gasteiger partial charge in [-0.3, -0.25) is 0 Å². The molecule has 5 heteroatoms. The summed E-state index contributed by atoms with van der Waals surface area (Å²) in [6.07, 6.45) is 1.96. The average Bonchev–Trinajstić information content (AvgIpc) is 2.98.